The highest BCUT2D eigenvalue weighted by atomic mass is 16.5. The Kier molecular flexibility index (Phi) is 6.43. The summed E-state index contributed by atoms with van der Waals surface area (Å²) in [7, 11) is 0. The maximum absolute atomic E-state index is 12.5. The molecule has 0 atom stereocenters. The third-order valence-electron chi connectivity index (χ3n) is 4.30. The van der Waals surface area contributed by atoms with E-state index in [0.29, 0.717) is 22.8 Å². The molecule has 0 bridgehead atoms. The van der Waals surface area contributed by atoms with E-state index in [1.807, 2.05) is 43.3 Å². The second-order valence-corrected chi connectivity index (χ2v) is 6.28. The molecule has 0 aliphatic carbocycles. The highest BCUT2D eigenvalue weighted by Gasteiger charge is 2.11. The Morgan fingerprint density at radius 1 is 1.00 bits per heavy atom. The predicted molar refractivity (Wildman–Crippen MR) is 116 cm³/mol. The molecule has 3 aromatic rings. The van der Waals surface area contributed by atoms with Crippen molar-refractivity contribution in [2.45, 2.75) is 6.92 Å². The van der Waals surface area contributed by atoms with E-state index in [1.165, 1.54) is 0 Å². The van der Waals surface area contributed by atoms with Crippen LogP contribution in [0.4, 0.5) is 5.69 Å². The van der Waals surface area contributed by atoms with Crippen molar-refractivity contribution in [3.8, 4) is 5.75 Å². The number of anilines is 1. The lowest BCUT2D eigenvalue weighted by atomic mass is 10.0. The number of amides is 2. The average Bonchev–Trinajstić information content (AvgIpc) is 2.76. The molecule has 0 fully saturated rings. The van der Waals surface area contributed by atoms with Crippen LogP contribution in [0.2, 0.25) is 0 Å². The van der Waals surface area contributed by atoms with Gasteiger partial charge in [0, 0.05) is 11.3 Å². The van der Waals surface area contributed by atoms with Crippen molar-refractivity contribution in [2.75, 3.05) is 11.9 Å². The lowest BCUT2D eigenvalue weighted by Crippen LogP contribution is -2.32. The third kappa shape index (κ3) is 5.11. The molecule has 0 unspecified atom stereocenters. The monoisotopic (exact) mass is 386 g/mol. The summed E-state index contributed by atoms with van der Waals surface area (Å²) in [5.41, 5.74) is 1.15. The summed E-state index contributed by atoms with van der Waals surface area (Å²) in [6, 6.07) is 20.1. The topological polar surface area (TPSA) is 67.4 Å². The zero-order valence-corrected chi connectivity index (χ0v) is 16.1. The standard InChI is InChI=1S/C24H22N2O3/c1-3-19(4-2)29-20-14-12-18(13-15-20)26-23(27)16-25-24(28)22-11-7-9-17-8-5-6-10-21(17)22/h3-15H,1,16H2,2H3,(H,25,28)(H,26,27)/b19-4+. The van der Waals surface area contributed by atoms with Crippen LogP contribution < -0.4 is 15.4 Å². The fraction of sp³-hybridized carbons (Fsp3) is 0.0833. The van der Waals surface area contributed by atoms with Crippen molar-refractivity contribution in [3.05, 3.63) is 96.8 Å². The minimum Gasteiger partial charge on any atom is -0.458 e. The first-order chi connectivity index (χ1) is 14.1. The Bertz CT molecular complexity index is 1060. The van der Waals surface area contributed by atoms with E-state index in [-0.39, 0.29) is 18.4 Å². The van der Waals surface area contributed by atoms with Crippen LogP contribution in [0.1, 0.15) is 17.3 Å². The van der Waals surface area contributed by atoms with Gasteiger partial charge in [-0.15, -0.1) is 0 Å². The molecular weight excluding hydrogens is 364 g/mol. The molecular formula is C24H22N2O3. The van der Waals surface area contributed by atoms with Crippen molar-refractivity contribution in [1.29, 1.82) is 0 Å². The van der Waals surface area contributed by atoms with E-state index in [1.54, 1.807) is 42.5 Å². The summed E-state index contributed by atoms with van der Waals surface area (Å²) in [5, 5.41) is 7.25. The van der Waals surface area contributed by atoms with Crippen molar-refractivity contribution in [1.82, 2.24) is 5.32 Å². The molecule has 2 N–H and O–H groups in total. The minimum absolute atomic E-state index is 0.126. The van der Waals surface area contributed by atoms with Crippen LogP contribution in [0, 0.1) is 0 Å². The Morgan fingerprint density at radius 2 is 1.72 bits per heavy atom. The predicted octanol–water partition coefficient (Wildman–Crippen LogP) is 4.68. The lowest BCUT2D eigenvalue weighted by Gasteiger charge is -2.10. The molecule has 0 aliphatic heterocycles. The number of hydrogen-bond donors (Lipinski definition) is 2. The van der Waals surface area contributed by atoms with E-state index in [9.17, 15) is 9.59 Å². The van der Waals surface area contributed by atoms with Crippen molar-refractivity contribution < 1.29 is 14.3 Å². The summed E-state index contributed by atoms with van der Waals surface area (Å²) in [5.74, 6) is 0.690. The van der Waals surface area contributed by atoms with Gasteiger partial charge < -0.3 is 15.4 Å². The molecule has 3 aromatic carbocycles. The number of rotatable bonds is 7. The van der Waals surface area contributed by atoms with Crippen molar-refractivity contribution in [2.24, 2.45) is 0 Å². The number of nitrogens with one attached hydrogen (secondary N) is 2. The molecule has 29 heavy (non-hydrogen) atoms. The number of ether oxygens (including phenoxy) is 1. The smallest absolute Gasteiger partial charge is 0.252 e. The zero-order chi connectivity index (χ0) is 20.6. The maximum Gasteiger partial charge on any atom is 0.252 e. The summed E-state index contributed by atoms with van der Waals surface area (Å²) in [6.45, 7) is 5.41. The van der Waals surface area contributed by atoms with Crippen molar-refractivity contribution in [3.63, 3.8) is 0 Å². The molecule has 0 saturated heterocycles. The Balaban J connectivity index is 1.57. The highest BCUT2D eigenvalue weighted by molar-refractivity contribution is 6.08. The van der Waals surface area contributed by atoms with E-state index < -0.39 is 0 Å². The van der Waals surface area contributed by atoms with Gasteiger partial charge in [-0.1, -0.05) is 43.0 Å². The minimum atomic E-state index is -0.313. The molecule has 0 aliphatic rings. The number of allylic oxidation sites excluding steroid dienone is 2. The second kappa shape index (κ2) is 9.37. The van der Waals surface area contributed by atoms with Crippen LogP contribution >= 0.6 is 0 Å². The SMILES string of the molecule is C=C/C(=C\C)Oc1ccc(NC(=O)CNC(=O)c2cccc3ccccc23)cc1. The van der Waals surface area contributed by atoms with Gasteiger partial charge >= 0.3 is 0 Å². The molecule has 0 saturated carbocycles. The fourth-order valence-electron chi connectivity index (χ4n) is 2.85. The highest BCUT2D eigenvalue weighted by Crippen LogP contribution is 2.19. The second-order valence-electron chi connectivity index (χ2n) is 6.28. The normalized spacial score (nSPS) is 11.0. The molecule has 0 spiro atoms. The quantitative estimate of drug-likeness (QED) is 0.458. The molecule has 5 heteroatoms. The van der Waals surface area contributed by atoms with Crippen LogP contribution in [0.15, 0.2) is 91.2 Å². The maximum atomic E-state index is 12.5. The number of carbonyl (C=O) groups is 2. The van der Waals surface area contributed by atoms with Crippen LogP contribution in [-0.2, 0) is 4.79 Å². The van der Waals surface area contributed by atoms with E-state index in [2.05, 4.69) is 17.2 Å². The van der Waals surface area contributed by atoms with Gasteiger partial charge in [0.25, 0.3) is 5.91 Å². The van der Waals surface area contributed by atoms with E-state index in [0.717, 1.165) is 10.8 Å². The number of carbonyl (C=O) groups excluding carboxylic acids is 2. The molecule has 0 aromatic heterocycles. The third-order valence-corrected chi connectivity index (χ3v) is 4.30. The fourth-order valence-corrected chi connectivity index (χ4v) is 2.85. The zero-order valence-electron chi connectivity index (χ0n) is 16.1. The molecule has 5 nitrogen and oxygen atoms in total. The Labute approximate surface area is 169 Å². The molecule has 0 heterocycles. The van der Waals surface area contributed by atoms with Crippen LogP contribution in [-0.4, -0.2) is 18.4 Å². The van der Waals surface area contributed by atoms with Gasteiger partial charge in [-0.05, 0) is 60.2 Å². The first-order valence-electron chi connectivity index (χ1n) is 9.23. The van der Waals surface area contributed by atoms with Crippen LogP contribution in [0.25, 0.3) is 10.8 Å². The molecule has 146 valence electrons. The van der Waals surface area contributed by atoms with Gasteiger partial charge in [-0.25, -0.2) is 0 Å². The summed E-state index contributed by atoms with van der Waals surface area (Å²) in [4.78, 5) is 24.7. The van der Waals surface area contributed by atoms with Gasteiger partial charge in [0.05, 0.1) is 6.54 Å². The summed E-state index contributed by atoms with van der Waals surface area (Å²) in [6.07, 6.45) is 3.43. The largest absolute Gasteiger partial charge is 0.458 e. The molecule has 0 radical (unpaired) electrons. The van der Waals surface area contributed by atoms with E-state index >= 15 is 0 Å². The summed E-state index contributed by atoms with van der Waals surface area (Å²) >= 11 is 0. The Hall–Kier alpha value is -3.86. The number of hydrogen-bond acceptors (Lipinski definition) is 3. The first kappa shape index (κ1) is 19.9. The van der Waals surface area contributed by atoms with Crippen LogP contribution in [0.3, 0.4) is 0 Å². The molecule has 3 rings (SSSR count). The summed E-state index contributed by atoms with van der Waals surface area (Å²) < 4.78 is 5.61. The van der Waals surface area contributed by atoms with Gasteiger partial charge in [0.1, 0.15) is 11.5 Å². The lowest BCUT2D eigenvalue weighted by molar-refractivity contribution is -0.115. The van der Waals surface area contributed by atoms with Gasteiger partial charge in [0.15, 0.2) is 0 Å². The van der Waals surface area contributed by atoms with Gasteiger partial charge in [-0.3, -0.25) is 9.59 Å². The number of benzene rings is 3. The number of fused-ring (bicyclic) bond motifs is 1. The van der Waals surface area contributed by atoms with Crippen molar-refractivity contribution >= 4 is 28.3 Å². The van der Waals surface area contributed by atoms with E-state index in [4.69, 9.17) is 4.74 Å². The van der Waals surface area contributed by atoms with Crippen LogP contribution in [0.5, 0.6) is 5.75 Å². The van der Waals surface area contributed by atoms with Gasteiger partial charge in [0.2, 0.25) is 5.91 Å². The first-order valence-corrected chi connectivity index (χ1v) is 9.23. The van der Waals surface area contributed by atoms with Gasteiger partial charge in [-0.2, -0.15) is 0 Å². The Morgan fingerprint density at radius 3 is 2.45 bits per heavy atom. The molecule has 2 amide bonds. The average molecular weight is 386 g/mol.